The van der Waals surface area contributed by atoms with Crippen molar-refractivity contribution in [2.75, 3.05) is 25.6 Å². The van der Waals surface area contributed by atoms with Crippen LogP contribution in [0.15, 0.2) is 24.3 Å². The van der Waals surface area contributed by atoms with E-state index >= 15 is 0 Å². The Morgan fingerprint density at radius 2 is 2.07 bits per heavy atom. The summed E-state index contributed by atoms with van der Waals surface area (Å²) >= 11 is 0. The van der Waals surface area contributed by atoms with E-state index in [1.165, 1.54) is 0 Å². The number of aliphatic hydroxyl groups is 1. The summed E-state index contributed by atoms with van der Waals surface area (Å²) in [6, 6.07) is 7.89. The van der Waals surface area contributed by atoms with Crippen LogP contribution in [-0.2, 0) is 0 Å². The van der Waals surface area contributed by atoms with E-state index < -0.39 is 0 Å². The number of anilines is 1. The van der Waals surface area contributed by atoms with Gasteiger partial charge in [-0.15, -0.1) is 0 Å². The van der Waals surface area contributed by atoms with Gasteiger partial charge in [0.1, 0.15) is 5.75 Å². The van der Waals surface area contributed by atoms with Crippen LogP contribution >= 0.6 is 0 Å². The van der Waals surface area contributed by atoms with E-state index in [2.05, 4.69) is 4.90 Å². The molecule has 0 spiro atoms. The molecule has 3 heteroatoms. The molecule has 0 heterocycles. The second-order valence-electron chi connectivity index (χ2n) is 3.73. The fourth-order valence-electron chi connectivity index (χ4n) is 1.45. The van der Waals surface area contributed by atoms with Crippen molar-refractivity contribution < 1.29 is 9.84 Å². The van der Waals surface area contributed by atoms with E-state index in [-0.39, 0.29) is 6.10 Å². The zero-order valence-electron chi connectivity index (χ0n) is 9.60. The van der Waals surface area contributed by atoms with Crippen LogP contribution < -0.4 is 9.64 Å². The summed E-state index contributed by atoms with van der Waals surface area (Å²) < 4.78 is 5.27. The van der Waals surface area contributed by atoms with Crippen LogP contribution in [0.1, 0.15) is 13.3 Å². The van der Waals surface area contributed by atoms with Gasteiger partial charge in [0, 0.05) is 13.6 Å². The minimum absolute atomic E-state index is 0.262. The third-order valence-corrected chi connectivity index (χ3v) is 2.38. The van der Waals surface area contributed by atoms with Gasteiger partial charge in [-0.2, -0.15) is 0 Å². The fourth-order valence-corrected chi connectivity index (χ4v) is 1.45. The number of para-hydroxylation sites is 2. The average Bonchev–Trinajstić information content (AvgIpc) is 2.25. The predicted octanol–water partition coefficient (Wildman–Crippen LogP) is 1.90. The fraction of sp³-hybridized carbons (Fsp3) is 0.500. The number of benzene rings is 1. The van der Waals surface area contributed by atoms with Crippen molar-refractivity contribution in [3.63, 3.8) is 0 Å². The molecule has 0 fully saturated rings. The van der Waals surface area contributed by atoms with E-state index in [9.17, 15) is 5.11 Å². The normalized spacial score (nSPS) is 12.3. The highest BCUT2D eigenvalue weighted by atomic mass is 16.5. The summed E-state index contributed by atoms with van der Waals surface area (Å²) in [5.74, 6) is 0.866. The molecule has 0 amide bonds. The van der Waals surface area contributed by atoms with Crippen molar-refractivity contribution in [2.45, 2.75) is 19.4 Å². The van der Waals surface area contributed by atoms with Gasteiger partial charge in [-0.05, 0) is 25.5 Å². The van der Waals surface area contributed by atoms with Crippen LogP contribution in [0.2, 0.25) is 0 Å². The molecular formula is C12H19NO2. The lowest BCUT2D eigenvalue weighted by molar-refractivity contribution is 0.187. The van der Waals surface area contributed by atoms with E-state index in [0.29, 0.717) is 0 Å². The smallest absolute Gasteiger partial charge is 0.142 e. The molecule has 0 bridgehead atoms. The Morgan fingerprint density at radius 1 is 1.40 bits per heavy atom. The Labute approximate surface area is 91.3 Å². The molecule has 3 nitrogen and oxygen atoms in total. The first-order valence-corrected chi connectivity index (χ1v) is 5.17. The topological polar surface area (TPSA) is 32.7 Å². The maximum atomic E-state index is 9.22. The molecule has 0 aliphatic carbocycles. The van der Waals surface area contributed by atoms with Crippen molar-refractivity contribution in [1.29, 1.82) is 0 Å². The Morgan fingerprint density at radius 3 is 2.67 bits per heavy atom. The lowest BCUT2D eigenvalue weighted by Gasteiger charge is -2.22. The van der Waals surface area contributed by atoms with Gasteiger partial charge in [-0.3, -0.25) is 0 Å². The Balaban J connectivity index is 2.68. The van der Waals surface area contributed by atoms with Gasteiger partial charge in [-0.1, -0.05) is 12.1 Å². The van der Waals surface area contributed by atoms with Crippen molar-refractivity contribution in [3.05, 3.63) is 24.3 Å². The lowest BCUT2D eigenvalue weighted by Crippen LogP contribution is -2.22. The van der Waals surface area contributed by atoms with Crippen LogP contribution in [0.3, 0.4) is 0 Å². The van der Waals surface area contributed by atoms with Gasteiger partial charge in [0.25, 0.3) is 0 Å². The van der Waals surface area contributed by atoms with Crippen LogP contribution in [-0.4, -0.2) is 31.9 Å². The second-order valence-corrected chi connectivity index (χ2v) is 3.73. The Bertz CT molecular complexity index is 299. The summed E-state index contributed by atoms with van der Waals surface area (Å²) in [6.07, 6.45) is 0.497. The third-order valence-electron chi connectivity index (χ3n) is 2.38. The highest BCUT2D eigenvalue weighted by molar-refractivity contribution is 5.57. The summed E-state index contributed by atoms with van der Waals surface area (Å²) in [4.78, 5) is 2.09. The molecule has 0 aliphatic heterocycles. The first kappa shape index (κ1) is 11.9. The number of ether oxygens (including phenoxy) is 1. The molecule has 15 heavy (non-hydrogen) atoms. The first-order chi connectivity index (χ1) is 7.15. The molecule has 0 radical (unpaired) electrons. The first-order valence-electron chi connectivity index (χ1n) is 5.17. The van der Waals surface area contributed by atoms with Crippen LogP contribution in [0, 0.1) is 0 Å². The lowest BCUT2D eigenvalue weighted by atomic mass is 10.2. The van der Waals surface area contributed by atoms with Gasteiger partial charge >= 0.3 is 0 Å². The van der Waals surface area contributed by atoms with Gasteiger partial charge < -0.3 is 14.7 Å². The second kappa shape index (κ2) is 5.61. The highest BCUT2D eigenvalue weighted by Crippen LogP contribution is 2.26. The van der Waals surface area contributed by atoms with E-state index in [1.807, 2.05) is 31.3 Å². The number of rotatable bonds is 5. The molecule has 0 saturated heterocycles. The van der Waals surface area contributed by atoms with Gasteiger partial charge in [-0.25, -0.2) is 0 Å². The maximum absolute atomic E-state index is 9.22. The monoisotopic (exact) mass is 209 g/mol. The summed E-state index contributed by atoms with van der Waals surface area (Å²) in [6.45, 7) is 2.62. The zero-order chi connectivity index (χ0) is 11.3. The SMILES string of the molecule is COc1ccccc1N(C)CCC(C)O. The van der Waals surface area contributed by atoms with Crippen LogP contribution in [0.5, 0.6) is 5.75 Å². The molecule has 1 unspecified atom stereocenters. The highest BCUT2D eigenvalue weighted by Gasteiger charge is 2.07. The molecule has 0 aromatic heterocycles. The molecule has 0 aliphatic rings. The van der Waals surface area contributed by atoms with E-state index in [0.717, 1.165) is 24.4 Å². The molecule has 0 saturated carbocycles. The molecule has 1 N–H and O–H groups in total. The van der Waals surface area contributed by atoms with Crippen molar-refractivity contribution >= 4 is 5.69 Å². The van der Waals surface area contributed by atoms with Crippen molar-refractivity contribution in [1.82, 2.24) is 0 Å². The van der Waals surface area contributed by atoms with E-state index in [1.54, 1.807) is 14.0 Å². The quantitative estimate of drug-likeness (QED) is 0.804. The number of aliphatic hydroxyl groups excluding tert-OH is 1. The molecule has 1 aromatic rings. The third kappa shape index (κ3) is 3.44. The van der Waals surface area contributed by atoms with Gasteiger partial charge in [0.05, 0.1) is 18.9 Å². The predicted molar refractivity (Wildman–Crippen MR) is 62.6 cm³/mol. The summed E-state index contributed by atoms with van der Waals surface area (Å²) in [5, 5.41) is 9.22. The molecule has 1 aromatic carbocycles. The Kier molecular flexibility index (Phi) is 4.43. The number of methoxy groups -OCH3 is 1. The minimum Gasteiger partial charge on any atom is -0.495 e. The summed E-state index contributed by atoms with van der Waals surface area (Å²) in [5.41, 5.74) is 1.06. The molecule has 1 atom stereocenters. The molecular weight excluding hydrogens is 190 g/mol. The van der Waals surface area contributed by atoms with Crippen molar-refractivity contribution in [2.24, 2.45) is 0 Å². The van der Waals surface area contributed by atoms with Crippen molar-refractivity contribution in [3.8, 4) is 5.75 Å². The van der Waals surface area contributed by atoms with Crippen LogP contribution in [0.4, 0.5) is 5.69 Å². The zero-order valence-corrected chi connectivity index (χ0v) is 9.60. The number of hydrogen-bond acceptors (Lipinski definition) is 3. The largest absolute Gasteiger partial charge is 0.495 e. The van der Waals surface area contributed by atoms with E-state index in [4.69, 9.17) is 4.74 Å². The summed E-state index contributed by atoms with van der Waals surface area (Å²) in [7, 11) is 3.67. The Hall–Kier alpha value is -1.22. The molecule has 1 rings (SSSR count). The average molecular weight is 209 g/mol. The number of nitrogens with zero attached hydrogens (tertiary/aromatic N) is 1. The van der Waals surface area contributed by atoms with Gasteiger partial charge in [0.15, 0.2) is 0 Å². The maximum Gasteiger partial charge on any atom is 0.142 e. The molecule has 84 valence electrons. The number of hydrogen-bond donors (Lipinski definition) is 1. The standard InChI is InChI=1S/C12H19NO2/c1-10(14)8-9-13(2)11-6-4-5-7-12(11)15-3/h4-7,10,14H,8-9H2,1-3H3. The van der Waals surface area contributed by atoms with Crippen LogP contribution in [0.25, 0.3) is 0 Å². The minimum atomic E-state index is -0.262. The van der Waals surface area contributed by atoms with Gasteiger partial charge in [0.2, 0.25) is 0 Å².